The maximum absolute atomic E-state index is 12.3. The lowest BCUT2D eigenvalue weighted by molar-refractivity contribution is 0.00932. The molecule has 2 rings (SSSR count). The van der Waals surface area contributed by atoms with Crippen molar-refractivity contribution in [3.05, 3.63) is 0 Å². The molecular formula is C14H26N2O2. The van der Waals surface area contributed by atoms with Crippen LogP contribution in [0.4, 0.5) is 4.79 Å². The van der Waals surface area contributed by atoms with E-state index in [2.05, 4.69) is 11.8 Å². The quantitative estimate of drug-likeness (QED) is 0.720. The molecule has 2 heterocycles. The van der Waals surface area contributed by atoms with Gasteiger partial charge in [0.2, 0.25) is 0 Å². The highest BCUT2D eigenvalue weighted by Gasteiger charge is 2.48. The lowest BCUT2D eigenvalue weighted by Gasteiger charge is -2.36. The topological polar surface area (TPSA) is 32.8 Å². The lowest BCUT2D eigenvalue weighted by Crippen LogP contribution is -2.50. The Morgan fingerprint density at radius 3 is 2.56 bits per heavy atom. The van der Waals surface area contributed by atoms with Crippen LogP contribution in [0.5, 0.6) is 0 Å². The Bertz CT molecular complexity index is 324. The van der Waals surface area contributed by atoms with Crippen LogP contribution in [-0.2, 0) is 4.74 Å². The highest BCUT2D eigenvalue weighted by atomic mass is 16.6. The molecule has 1 spiro atoms. The Morgan fingerprint density at radius 1 is 1.28 bits per heavy atom. The molecule has 0 aromatic rings. The van der Waals surface area contributed by atoms with Crippen LogP contribution in [0, 0.1) is 0 Å². The number of likely N-dealkylation sites (tertiary alicyclic amines) is 2. The van der Waals surface area contributed by atoms with Crippen molar-refractivity contribution < 1.29 is 9.53 Å². The van der Waals surface area contributed by atoms with E-state index < -0.39 is 5.60 Å². The first-order valence-corrected chi connectivity index (χ1v) is 7.09. The highest BCUT2D eigenvalue weighted by molar-refractivity contribution is 5.70. The number of nitrogens with zero attached hydrogens (tertiary/aromatic N) is 2. The Kier molecular flexibility index (Phi) is 3.58. The zero-order valence-electron chi connectivity index (χ0n) is 12.2. The monoisotopic (exact) mass is 254 g/mol. The normalized spacial score (nSPS) is 29.2. The number of ether oxygens (including phenoxy) is 1. The Labute approximate surface area is 110 Å². The molecule has 0 N–H and O–H groups in total. The second-order valence-corrected chi connectivity index (χ2v) is 6.58. The number of rotatable bonds is 1. The van der Waals surface area contributed by atoms with Gasteiger partial charge in [-0.3, -0.25) is 0 Å². The molecule has 104 valence electrons. The molecule has 0 aliphatic carbocycles. The van der Waals surface area contributed by atoms with Crippen molar-refractivity contribution in [3.63, 3.8) is 0 Å². The van der Waals surface area contributed by atoms with E-state index in [-0.39, 0.29) is 11.6 Å². The molecule has 2 fully saturated rings. The van der Waals surface area contributed by atoms with Crippen LogP contribution >= 0.6 is 0 Å². The summed E-state index contributed by atoms with van der Waals surface area (Å²) in [4.78, 5) is 16.7. The first-order valence-electron chi connectivity index (χ1n) is 7.09. The van der Waals surface area contributed by atoms with E-state index >= 15 is 0 Å². The van der Waals surface area contributed by atoms with E-state index in [0.717, 1.165) is 45.4 Å². The van der Waals surface area contributed by atoms with E-state index in [1.165, 1.54) is 0 Å². The van der Waals surface area contributed by atoms with E-state index in [4.69, 9.17) is 4.74 Å². The van der Waals surface area contributed by atoms with Crippen LogP contribution in [-0.4, -0.2) is 53.2 Å². The first-order chi connectivity index (χ1) is 8.36. The van der Waals surface area contributed by atoms with Gasteiger partial charge in [-0.05, 0) is 46.6 Å². The van der Waals surface area contributed by atoms with E-state index in [0.29, 0.717) is 0 Å². The molecular weight excluding hydrogens is 228 g/mol. The Balaban J connectivity index is 2.06. The Morgan fingerprint density at radius 2 is 2.00 bits per heavy atom. The number of amides is 1. The van der Waals surface area contributed by atoms with E-state index in [1.807, 2.05) is 25.7 Å². The third kappa shape index (κ3) is 2.63. The van der Waals surface area contributed by atoms with Gasteiger partial charge in [0.05, 0.1) is 5.54 Å². The summed E-state index contributed by atoms with van der Waals surface area (Å²) < 4.78 is 5.55. The third-order valence-corrected chi connectivity index (χ3v) is 4.07. The number of carbonyl (C=O) groups excluding carboxylic acids is 1. The molecule has 1 amide bonds. The summed E-state index contributed by atoms with van der Waals surface area (Å²) in [7, 11) is 0. The molecule has 0 aromatic heterocycles. The molecule has 2 aliphatic heterocycles. The van der Waals surface area contributed by atoms with Crippen LogP contribution in [0.15, 0.2) is 0 Å². The zero-order chi connectivity index (χ0) is 13.4. The van der Waals surface area contributed by atoms with Crippen LogP contribution in [0.1, 0.15) is 47.0 Å². The summed E-state index contributed by atoms with van der Waals surface area (Å²) >= 11 is 0. The molecule has 4 heteroatoms. The fourth-order valence-corrected chi connectivity index (χ4v) is 3.18. The largest absolute Gasteiger partial charge is 0.444 e. The number of hydrogen-bond acceptors (Lipinski definition) is 3. The van der Waals surface area contributed by atoms with Crippen LogP contribution in [0.3, 0.4) is 0 Å². The summed E-state index contributed by atoms with van der Waals surface area (Å²) in [6.07, 6.45) is 3.21. The molecule has 2 saturated heterocycles. The van der Waals surface area contributed by atoms with Crippen molar-refractivity contribution in [2.75, 3.05) is 26.2 Å². The average molecular weight is 254 g/mol. The summed E-state index contributed by atoms with van der Waals surface area (Å²) in [5.74, 6) is 0. The van der Waals surface area contributed by atoms with Gasteiger partial charge in [0, 0.05) is 19.6 Å². The molecule has 0 radical (unpaired) electrons. The Hall–Kier alpha value is -0.770. The third-order valence-electron chi connectivity index (χ3n) is 4.07. The van der Waals surface area contributed by atoms with E-state index in [9.17, 15) is 4.79 Å². The van der Waals surface area contributed by atoms with Crippen LogP contribution in [0.25, 0.3) is 0 Å². The van der Waals surface area contributed by atoms with Gasteiger partial charge in [-0.1, -0.05) is 6.92 Å². The minimum Gasteiger partial charge on any atom is -0.444 e. The maximum atomic E-state index is 12.3. The van der Waals surface area contributed by atoms with Crippen LogP contribution in [0.2, 0.25) is 0 Å². The highest BCUT2D eigenvalue weighted by Crippen LogP contribution is 2.38. The standard InChI is InChI=1S/C14H26N2O2/c1-5-15-10-8-14(11-15)7-6-9-16(14)12(17)18-13(2,3)4/h5-11H2,1-4H3. The molecule has 0 aromatic carbocycles. The zero-order valence-corrected chi connectivity index (χ0v) is 12.2. The van der Waals surface area contributed by atoms with Crippen molar-refractivity contribution in [2.24, 2.45) is 0 Å². The second kappa shape index (κ2) is 4.72. The lowest BCUT2D eigenvalue weighted by atomic mass is 9.95. The SMILES string of the molecule is CCN1CCC2(CCCN2C(=O)OC(C)(C)C)C1. The molecule has 1 atom stereocenters. The van der Waals surface area contributed by atoms with Gasteiger partial charge in [0.15, 0.2) is 0 Å². The first kappa shape index (κ1) is 13.7. The van der Waals surface area contributed by atoms with E-state index in [1.54, 1.807) is 0 Å². The van der Waals surface area contributed by atoms with Gasteiger partial charge in [0.1, 0.15) is 5.60 Å². The fraction of sp³-hybridized carbons (Fsp3) is 0.929. The number of likely N-dealkylation sites (N-methyl/N-ethyl adjacent to an activating group) is 1. The van der Waals surface area contributed by atoms with Crippen LogP contribution < -0.4 is 0 Å². The molecule has 18 heavy (non-hydrogen) atoms. The van der Waals surface area contributed by atoms with Gasteiger partial charge in [-0.25, -0.2) is 4.79 Å². The predicted molar refractivity (Wildman–Crippen MR) is 71.6 cm³/mol. The predicted octanol–water partition coefficient (Wildman–Crippen LogP) is 2.48. The van der Waals surface area contributed by atoms with Crippen molar-refractivity contribution in [2.45, 2.75) is 58.1 Å². The number of hydrogen-bond donors (Lipinski definition) is 0. The van der Waals surface area contributed by atoms with Crippen molar-refractivity contribution in [3.8, 4) is 0 Å². The second-order valence-electron chi connectivity index (χ2n) is 6.58. The smallest absolute Gasteiger partial charge is 0.410 e. The van der Waals surface area contributed by atoms with Gasteiger partial charge >= 0.3 is 6.09 Å². The minimum absolute atomic E-state index is 0.0539. The summed E-state index contributed by atoms with van der Waals surface area (Å²) in [6, 6.07) is 0. The fourth-order valence-electron chi connectivity index (χ4n) is 3.18. The molecule has 1 unspecified atom stereocenters. The molecule has 4 nitrogen and oxygen atoms in total. The van der Waals surface area contributed by atoms with Gasteiger partial charge in [-0.2, -0.15) is 0 Å². The van der Waals surface area contributed by atoms with Gasteiger partial charge in [-0.15, -0.1) is 0 Å². The average Bonchev–Trinajstić information content (AvgIpc) is 2.84. The minimum atomic E-state index is -0.399. The number of carbonyl (C=O) groups is 1. The van der Waals surface area contributed by atoms with Gasteiger partial charge in [0.25, 0.3) is 0 Å². The van der Waals surface area contributed by atoms with Gasteiger partial charge < -0.3 is 14.5 Å². The molecule has 0 saturated carbocycles. The summed E-state index contributed by atoms with van der Waals surface area (Å²) in [5, 5.41) is 0. The van der Waals surface area contributed by atoms with Crippen molar-refractivity contribution in [1.82, 2.24) is 9.80 Å². The maximum Gasteiger partial charge on any atom is 0.410 e. The summed E-state index contributed by atoms with van der Waals surface area (Å²) in [6.45, 7) is 12.0. The molecule has 2 aliphatic rings. The summed E-state index contributed by atoms with van der Waals surface area (Å²) in [5.41, 5.74) is -0.345. The van der Waals surface area contributed by atoms with Crippen molar-refractivity contribution >= 4 is 6.09 Å². The van der Waals surface area contributed by atoms with Crippen molar-refractivity contribution in [1.29, 1.82) is 0 Å². The molecule has 0 bridgehead atoms.